The Balaban J connectivity index is 1.37. The number of benzene rings is 2. The van der Waals surface area contributed by atoms with E-state index in [4.69, 9.17) is 5.73 Å². The minimum absolute atomic E-state index is 0.238. The molecule has 0 aromatic heterocycles. The molecule has 1 aliphatic heterocycles. The van der Waals surface area contributed by atoms with Gasteiger partial charge in [-0.2, -0.15) is 9.57 Å². The Kier molecular flexibility index (Phi) is 8.65. The van der Waals surface area contributed by atoms with Gasteiger partial charge in [-0.1, -0.05) is 62.6 Å². The SMILES string of the molecule is CCN1CCN(S(=O)(=O)c2ccc(-c3ccc(CC(C#N)NC(=O)C4(N)CCCCC4)cc3)cc2)CC1. The standard InChI is InChI=1S/C28H37N5O3S/c1-2-32-16-18-33(19-17-32)37(35,36)26-12-10-24(11-13-26)23-8-6-22(7-9-23)20-25(21-29)31-27(34)28(30)14-4-3-5-15-28/h6-13,25H,2-5,14-20,30H2,1H3,(H,31,34). The molecule has 2 aromatic carbocycles. The Morgan fingerprint density at radius 1 is 1.00 bits per heavy atom. The van der Waals surface area contributed by atoms with Crippen molar-refractivity contribution in [1.29, 1.82) is 5.26 Å². The van der Waals surface area contributed by atoms with Gasteiger partial charge in [-0.3, -0.25) is 4.79 Å². The fourth-order valence-corrected chi connectivity index (χ4v) is 6.59. The lowest BCUT2D eigenvalue weighted by molar-refractivity contribution is -0.127. The average molecular weight is 524 g/mol. The molecule has 3 N–H and O–H groups in total. The number of carbonyl (C=O) groups excluding carboxylic acids is 1. The van der Waals surface area contributed by atoms with Gasteiger partial charge in [0.2, 0.25) is 15.9 Å². The van der Waals surface area contributed by atoms with Gasteiger partial charge >= 0.3 is 0 Å². The molecular weight excluding hydrogens is 486 g/mol. The van der Waals surface area contributed by atoms with Crippen LogP contribution in [0.3, 0.4) is 0 Å². The van der Waals surface area contributed by atoms with Crippen LogP contribution in [0.1, 0.15) is 44.6 Å². The molecule has 37 heavy (non-hydrogen) atoms. The normalized spacial score (nSPS) is 19.6. The molecule has 1 saturated heterocycles. The summed E-state index contributed by atoms with van der Waals surface area (Å²) in [7, 11) is -3.51. The van der Waals surface area contributed by atoms with Crippen LogP contribution >= 0.6 is 0 Å². The highest BCUT2D eigenvalue weighted by Crippen LogP contribution is 2.27. The highest BCUT2D eigenvalue weighted by atomic mass is 32.2. The van der Waals surface area contributed by atoms with Crippen molar-refractivity contribution in [3.63, 3.8) is 0 Å². The molecule has 1 atom stereocenters. The van der Waals surface area contributed by atoms with Crippen LogP contribution in [0.4, 0.5) is 0 Å². The summed E-state index contributed by atoms with van der Waals surface area (Å²) in [6.07, 6.45) is 4.66. The fraction of sp³-hybridized carbons (Fsp3) is 0.500. The van der Waals surface area contributed by atoms with Gasteiger partial charge in [0.15, 0.2) is 0 Å². The minimum atomic E-state index is -3.51. The Morgan fingerprint density at radius 3 is 2.11 bits per heavy atom. The van der Waals surface area contributed by atoms with Crippen LogP contribution in [0.15, 0.2) is 53.4 Å². The number of likely N-dealkylation sites (N-methyl/N-ethyl adjacent to an activating group) is 1. The molecule has 1 aliphatic carbocycles. The topological polar surface area (TPSA) is 120 Å². The highest BCUT2D eigenvalue weighted by Gasteiger charge is 2.36. The van der Waals surface area contributed by atoms with Gasteiger partial charge in [-0.15, -0.1) is 0 Å². The third kappa shape index (κ3) is 6.39. The first-order valence-electron chi connectivity index (χ1n) is 13.2. The molecule has 0 radical (unpaired) electrons. The van der Waals surface area contributed by atoms with Crippen LogP contribution in [-0.4, -0.2) is 67.8 Å². The summed E-state index contributed by atoms with van der Waals surface area (Å²) in [5.41, 5.74) is 8.22. The van der Waals surface area contributed by atoms with Gasteiger partial charge in [0, 0.05) is 32.6 Å². The lowest BCUT2D eigenvalue weighted by Crippen LogP contribution is -2.57. The van der Waals surface area contributed by atoms with Crippen LogP contribution in [-0.2, 0) is 21.2 Å². The van der Waals surface area contributed by atoms with Gasteiger partial charge < -0.3 is 16.0 Å². The van der Waals surface area contributed by atoms with E-state index < -0.39 is 21.6 Å². The van der Waals surface area contributed by atoms with Crippen LogP contribution in [0, 0.1) is 11.3 Å². The molecule has 1 amide bonds. The van der Waals surface area contributed by atoms with E-state index in [2.05, 4.69) is 23.2 Å². The number of hydrogen-bond donors (Lipinski definition) is 2. The van der Waals surface area contributed by atoms with Gasteiger partial charge in [-0.25, -0.2) is 8.42 Å². The summed E-state index contributed by atoms with van der Waals surface area (Å²) in [5, 5.41) is 12.4. The van der Waals surface area contributed by atoms with Crippen LogP contribution in [0.25, 0.3) is 11.1 Å². The molecule has 198 valence electrons. The zero-order valence-electron chi connectivity index (χ0n) is 21.5. The molecule has 2 fully saturated rings. The van der Waals surface area contributed by atoms with E-state index in [1.165, 1.54) is 0 Å². The predicted octanol–water partition coefficient (Wildman–Crippen LogP) is 2.89. The van der Waals surface area contributed by atoms with Crippen molar-refractivity contribution in [2.45, 2.75) is 61.9 Å². The Bertz CT molecular complexity index is 1210. The largest absolute Gasteiger partial charge is 0.338 e. The fourth-order valence-electron chi connectivity index (χ4n) is 5.16. The summed E-state index contributed by atoms with van der Waals surface area (Å²) in [4.78, 5) is 15.3. The second kappa shape index (κ2) is 11.7. The van der Waals surface area contributed by atoms with Crippen LogP contribution < -0.4 is 11.1 Å². The molecule has 9 heteroatoms. The molecule has 0 spiro atoms. The molecule has 2 aromatic rings. The van der Waals surface area contributed by atoms with Crippen molar-refractivity contribution in [3.8, 4) is 17.2 Å². The summed E-state index contributed by atoms with van der Waals surface area (Å²) in [6, 6.07) is 16.3. The number of piperazine rings is 1. The maximum Gasteiger partial charge on any atom is 0.243 e. The highest BCUT2D eigenvalue weighted by molar-refractivity contribution is 7.89. The lowest BCUT2D eigenvalue weighted by atomic mass is 9.81. The molecule has 2 aliphatic rings. The second-order valence-corrected chi connectivity index (χ2v) is 12.1. The van der Waals surface area contributed by atoms with E-state index in [0.29, 0.717) is 37.2 Å². The maximum atomic E-state index is 13.0. The lowest BCUT2D eigenvalue weighted by Gasteiger charge is -2.33. The van der Waals surface area contributed by atoms with Crippen molar-refractivity contribution < 1.29 is 13.2 Å². The number of amides is 1. The van der Waals surface area contributed by atoms with E-state index in [9.17, 15) is 18.5 Å². The quantitative estimate of drug-likeness (QED) is 0.549. The average Bonchev–Trinajstić information content (AvgIpc) is 2.93. The number of nitrogens with two attached hydrogens (primary N) is 1. The van der Waals surface area contributed by atoms with E-state index in [-0.39, 0.29) is 5.91 Å². The van der Waals surface area contributed by atoms with Gasteiger partial charge in [0.1, 0.15) is 6.04 Å². The van der Waals surface area contributed by atoms with Crippen molar-refractivity contribution in [1.82, 2.24) is 14.5 Å². The number of nitriles is 1. The van der Waals surface area contributed by atoms with Crippen LogP contribution in [0.2, 0.25) is 0 Å². The Labute approximate surface area is 220 Å². The predicted molar refractivity (Wildman–Crippen MR) is 144 cm³/mol. The van der Waals surface area contributed by atoms with Crippen molar-refractivity contribution >= 4 is 15.9 Å². The number of carbonyl (C=O) groups is 1. The summed E-state index contributed by atoms with van der Waals surface area (Å²) in [6.45, 7) is 5.54. The number of sulfonamides is 1. The molecule has 1 unspecified atom stereocenters. The Morgan fingerprint density at radius 2 is 1.57 bits per heavy atom. The van der Waals surface area contributed by atoms with Crippen molar-refractivity contribution in [2.75, 3.05) is 32.7 Å². The smallest absolute Gasteiger partial charge is 0.243 e. The minimum Gasteiger partial charge on any atom is -0.338 e. The van der Waals surface area contributed by atoms with E-state index in [0.717, 1.165) is 55.6 Å². The monoisotopic (exact) mass is 523 g/mol. The first-order chi connectivity index (χ1) is 17.7. The number of nitrogens with zero attached hydrogens (tertiary/aromatic N) is 3. The van der Waals surface area contributed by atoms with Gasteiger partial charge in [0.25, 0.3) is 0 Å². The third-order valence-corrected chi connectivity index (χ3v) is 9.57. The maximum absolute atomic E-state index is 13.0. The molecule has 0 bridgehead atoms. The number of nitrogens with one attached hydrogen (secondary N) is 1. The summed E-state index contributed by atoms with van der Waals surface area (Å²) in [5.74, 6) is -0.238. The van der Waals surface area contributed by atoms with Crippen molar-refractivity contribution in [2.24, 2.45) is 5.73 Å². The molecule has 1 saturated carbocycles. The first kappa shape index (κ1) is 27.3. The van der Waals surface area contributed by atoms with E-state index in [1.807, 2.05) is 36.4 Å². The summed E-state index contributed by atoms with van der Waals surface area (Å²) >= 11 is 0. The zero-order valence-corrected chi connectivity index (χ0v) is 22.3. The number of hydrogen-bond acceptors (Lipinski definition) is 6. The Hall–Kier alpha value is -2.77. The van der Waals surface area contributed by atoms with Gasteiger partial charge in [-0.05, 0) is 48.2 Å². The van der Waals surface area contributed by atoms with Gasteiger partial charge in [0.05, 0.1) is 16.5 Å². The molecular formula is C28H37N5O3S. The first-order valence-corrected chi connectivity index (χ1v) is 14.6. The summed E-state index contributed by atoms with van der Waals surface area (Å²) < 4.78 is 27.7. The van der Waals surface area contributed by atoms with Crippen LogP contribution in [0.5, 0.6) is 0 Å². The van der Waals surface area contributed by atoms with Crippen molar-refractivity contribution in [3.05, 3.63) is 54.1 Å². The zero-order chi connectivity index (χ0) is 26.5. The van der Waals surface area contributed by atoms with E-state index >= 15 is 0 Å². The molecule has 1 heterocycles. The van der Waals surface area contributed by atoms with E-state index in [1.54, 1.807) is 16.4 Å². The third-order valence-electron chi connectivity index (χ3n) is 7.66. The second-order valence-electron chi connectivity index (χ2n) is 10.1. The molecule has 8 nitrogen and oxygen atoms in total. The number of rotatable bonds is 8. The molecule has 4 rings (SSSR count).